The number of hydrogen-bond acceptors (Lipinski definition) is 15. The molecule has 0 spiro atoms. The van der Waals surface area contributed by atoms with E-state index in [1.807, 2.05) is 0 Å². The predicted octanol–water partition coefficient (Wildman–Crippen LogP) is -1.22. The third-order valence-electron chi connectivity index (χ3n) is 5.48. The summed E-state index contributed by atoms with van der Waals surface area (Å²) in [5.74, 6) is -3.57. The maximum atomic E-state index is 13.3. The van der Waals surface area contributed by atoms with Gasteiger partial charge in [-0.25, -0.2) is 9.78 Å². The van der Waals surface area contributed by atoms with Gasteiger partial charge in [0, 0.05) is 31.0 Å². The molecule has 4 heterocycles. The van der Waals surface area contributed by atoms with Crippen molar-refractivity contribution in [2.75, 3.05) is 31.5 Å². The van der Waals surface area contributed by atoms with Crippen LogP contribution in [0.5, 0.6) is 5.88 Å². The first-order valence-electron chi connectivity index (χ1n) is 10.4. The molecule has 2 amide bonds. The number of aliphatic carboxylic acids is 1. The standard InChI is InChI=1S/C19H20N8O8S3/c1-26-13(30)12(29)23-24-18(26)38-5-7-4-36-16-19(34-2,15(33)27(16)10(7)14(31)32)22-11(28)9(25-35-3)8-6-37-17(20)21-8/h6,16H,4-5H2,1-3H3,(H2,20,21)(H,22,28)(H,23,29)(H,31,32)/b25-9-/t16-,19?/m1/s1. The van der Waals surface area contributed by atoms with Crippen molar-refractivity contribution in [1.29, 1.82) is 0 Å². The second kappa shape index (κ2) is 10.6. The fourth-order valence-electron chi connectivity index (χ4n) is 3.69. The van der Waals surface area contributed by atoms with Gasteiger partial charge in [0.25, 0.3) is 23.4 Å². The van der Waals surface area contributed by atoms with Crippen molar-refractivity contribution in [3.05, 3.63) is 32.7 Å². The van der Waals surface area contributed by atoms with Crippen LogP contribution in [0.4, 0.5) is 5.13 Å². The molecule has 0 bridgehead atoms. The monoisotopic (exact) mass is 584 g/mol. The first kappa shape index (κ1) is 27.4. The second-order valence-corrected chi connectivity index (χ2v) is 10.5. The number of thiazole rings is 1. The molecular formula is C19H20N8O8S3. The van der Waals surface area contributed by atoms with E-state index in [-0.39, 0.29) is 38.9 Å². The Morgan fingerprint density at radius 2 is 2.11 bits per heavy atom. The average molecular weight is 585 g/mol. The molecule has 2 atom stereocenters. The first-order chi connectivity index (χ1) is 18.0. The third-order valence-corrected chi connectivity index (χ3v) is 8.64. The lowest BCUT2D eigenvalue weighted by Gasteiger charge is -2.55. The number of aromatic hydroxyl groups is 1. The molecule has 1 unspecified atom stereocenters. The number of β-lactam (4-membered cyclic amide) rings is 1. The van der Waals surface area contributed by atoms with Gasteiger partial charge in [-0.2, -0.15) is 0 Å². The molecule has 4 rings (SSSR count). The normalized spacial score (nSPS) is 21.1. The lowest BCUT2D eigenvalue weighted by Crippen LogP contribution is -2.81. The van der Waals surface area contributed by atoms with E-state index in [0.717, 1.165) is 32.6 Å². The first-order valence-corrected chi connectivity index (χ1v) is 13.3. The Balaban J connectivity index is 1.59. The van der Waals surface area contributed by atoms with Crippen LogP contribution in [0.1, 0.15) is 5.69 Å². The zero-order valence-corrected chi connectivity index (χ0v) is 22.3. The number of carboxylic acids is 1. The topological polar surface area (TPSA) is 224 Å². The number of amides is 2. The van der Waals surface area contributed by atoms with E-state index in [1.54, 1.807) is 0 Å². The third kappa shape index (κ3) is 4.57. The summed E-state index contributed by atoms with van der Waals surface area (Å²) >= 11 is 3.26. The molecule has 5 N–H and O–H groups in total. The van der Waals surface area contributed by atoms with Crippen LogP contribution in [0, 0.1) is 0 Å². The highest BCUT2D eigenvalue weighted by atomic mass is 32.2. The molecule has 38 heavy (non-hydrogen) atoms. The Labute approximate surface area is 225 Å². The van der Waals surface area contributed by atoms with Gasteiger partial charge in [-0.1, -0.05) is 16.9 Å². The number of carbonyl (C=O) groups is 3. The van der Waals surface area contributed by atoms with Gasteiger partial charge in [-0.15, -0.1) is 33.3 Å². The number of anilines is 1. The van der Waals surface area contributed by atoms with E-state index >= 15 is 0 Å². The minimum atomic E-state index is -1.89. The van der Waals surface area contributed by atoms with Crippen LogP contribution < -0.4 is 16.6 Å². The number of methoxy groups -OCH3 is 1. The van der Waals surface area contributed by atoms with Crippen LogP contribution in [0.25, 0.3) is 0 Å². The van der Waals surface area contributed by atoms with Crippen LogP contribution in [-0.4, -0.2) is 95.2 Å². The van der Waals surface area contributed by atoms with E-state index in [4.69, 9.17) is 15.3 Å². The van der Waals surface area contributed by atoms with Crippen LogP contribution in [0.3, 0.4) is 0 Å². The number of nitrogens with one attached hydrogen (secondary N) is 1. The fourth-order valence-corrected chi connectivity index (χ4v) is 6.72. The molecule has 2 aliphatic rings. The summed E-state index contributed by atoms with van der Waals surface area (Å²) in [4.78, 5) is 60.3. The molecule has 1 saturated heterocycles. The van der Waals surface area contributed by atoms with Gasteiger partial charge in [-0.05, 0) is 5.57 Å². The van der Waals surface area contributed by atoms with Crippen molar-refractivity contribution in [2.24, 2.45) is 12.2 Å². The highest BCUT2D eigenvalue weighted by Crippen LogP contribution is 2.47. The van der Waals surface area contributed by atoms with E-state index in [0.29, 0.717) is 5.57 Å². The van der Waals surface area contributed by atoms with E-state index < -0.39 is 40.3 Å². The summed E-state index contributed by atoms with van der Waals surface area (Å²) in [5, 5.41) is 33.6. The fraction of sp³-hybridized carbons (Fsp3) is 0.368. The van der Waals surface area contributed by atoms with Gasteiger partial charge in [0.05, 0.1) is 0 Å². The molecule has 2 aromatic rings. The number of rotatable bonds is 9. The quantitative estimate of drug-likeness (QED) is 0.0891. The lowest BCUT2D eigenvalue weighted by molar-refractivity contribution is -0.191. The molecule has 16 nitrogen and oxygen atoms in total. The largest absolute Gasteiger partial charge is 0.488 e. The summed E-state index contributed by atoms with van der Waals surface area (Å²) in [6.45, 7) is 0. The molecule has 2 aromatic heterocycles. The highest BCUT2D eigenvalue weighted by Gasteiger charge is 2.66. The SMILES string of the molecule is CO/N=C(\C(=O)NC1(OC)C(=O)N2C(C(=O)O)=C(CSc3nnc(O)c(=O)n3C)CS[C@@H]21)c1csc(N)n1. The van der Waals surface area contributed by atoms with Gasteiger partial charge in [0.15, 0.2) is 16.0 Å². The summed E-state index contributed by atoms with van der Waals surface area (Å²) in [6, 6.07) is 0. The maximum Gasteiger partial charge on any atom is 0.352 e. The van der Waals surface area contributed by atoms with Crippen molar-refractivity contribution >= 4 is 63.5 Å². The number of oxime groups is 1. The van der Waals surface area contributed by atoms with Gasteiger partial charge < -0.3 is 30.8 Å². The van der Waals surface area contributed by atoms with Gasteiger partial charge in [0.2, 0.25) is 0 Å². The summed E-state index contributed by atoms with van der Waals surface area (Å²) in [7, 11) is 3.82. The number of nitrogens with two attached hydrogens (primary N) is 1. The molecule has 0 aliphatic carbocycles. The summed E-state index contributed by atoms with van der Waals surface area (Å²) < 4.78 is 6.52. The minimum Gasteiger partial charge on any atom is -0.488 e. The van der Waals surface area contributed by atoms with Crippen molar-refractivity contribution < 1.29 is 34.2 Å². The van der Waals surface area contributed by atoms with Crippen molar-refractivity contribution in [3.63, 3.8) is 0 Å². The number of carbonyl (C=O) groups excluding carboxylic acids is 2. The number of aromatic nitrogens is 4. The van der Waals surface area contributed by atoms with Crippen LogP contribution >= 0.6 is 34.9 Å². The summed E-state index contributed by atoms with van der Waals surface area (Å²) in [6.07, 6.45) is 0. The molecule has 19 heteroatoms. The number of nitrogen functional groups attached to an aromatic ring is 1. The van der Waals surface area contributed by atoms with E-state index in [9.17, 15) is 29.4 Å². The number of thioether (sulfide) groups is 2. The summed E-state index contributed by atoms with van der Waals surface area (Å²) in [5.41, 5.74) is 2.96. The average Bonchev–Trinajstić information content (AvgIpc) is 3.33. The van der Waals surface area contributed by atoms with Crippen LogP contribution in [0.2, 0.25) is 0 Å². The molecule has 2 aliphatic heterocycles. The molecular weight excluding hydrogens is 564 g/mol. The highest BCUT2D eigenvalue weighted by molar-refractivity contribution is 8.01. The zero-order chi connectivity index (χ0) is 27.8. The number of nitrogens with zero attached hydrogens (tertiary/aromatic N) is 6. The molecule has 0 radical (unpaired) electrons. The van der Waals surface area contributed by atoms with Gasteiger partial charge in [-0.3, -0.25) is 23.9 Å². The van der Waals surface area contributed by atoms with Crippen molar-refractivity contribution in [1.82, 2.24) is 30.0 Å². The second-order valence-electron chi connectivity index (χ2n) is 7.64. The lowest BCUT2D eigenvalue weighted by atomic mass is 9.98. The van der Waals surface area contributed by atoms with Crippen LogP contribution in [-0.2, 0) is 31.0 Å². The smallest absolute Gasteiger partial charge is 0.352 e. The molecule has 0 saturated carbocycles. The predicted molar refractivity (Wildman–Crippen MR) is 135 cm³/mol. The van der Waals surface area contributed by atoms with Crippen molar-refractivity contribution in [3.8, 4) is 5.88 Å². The Morgan fingerprint density at radius 1 is 1.37 bits per heavy atom. The number of ether oxygens (including phenoxy) is 1. The number of hydrogen-bond donors (Lipinski definition) is 4. The minimum absolute atomic E-state index is 0.0557. The van der Waals surface area contributed by atoms with Gasteiger partial charge >= 0.3 is 11.5 Å². The number of carboxylic acid groups (broad SMARTS) is 1. The molecule has 0 aromatic carbocycles. The zero-order valence-electron chi connectivity index (χ0n) is 19.9. The van der Waals surface area contributed by atoms with E-state index in [2.05, 4.69) is 25.7 Å². The molecule has 1 fully saturated rings. The van der Waals surface area contributed by atoms with Gasteiger partial charge in [0.1, 0.15) is 23.9 Å². The van der Waals surface area contributed by atoms with Crippen LogP contribution in [0.15, 0.2) is 31.8 Å². The maximum absolute atomic E-state index is 13.3. The Bertz CT molecular complexity index is 1440. The number of fused-ring (bicyclic) bond motifs is 1. The molecule has 202 valence electrons. The van der Waals surface area contributed by atoms with E-state index in [1.165, 1.54) is 38.4 Å². The Hall–Kier alpha value is -3.68. The Kier molecular flexibility index (Phi) is 7.63. The van der Waals surface area contributed by atoms with Crippen molar-refractivity contribution in [2.45, 2.75) is 16.3 Å². The Morgan fingerprint density at radius 3 is 2.71 bits per heavy atom.